The standard InChI is InChI=1S/C25H16BrClN4O9/c1-2-39-21-10-13(8-17-23(32)28-25(34)29(24(17)33)15-5-3-4-14(27)11-15)9-18(26)22(21)40-20-7-6-16(30(35)36)12-19(20)31(37)38/h3-12H,2H2,1H3,(H,28,32,34)/b17-8+. The van der Waals surface area contributed by atoms with Crippen LogP contribution in [0.5, 0.6) is 17.2 Å². The molecule has 3 aromatic rings. The normalized spacial score (nSPS) is 14.2. The van der Waals surface area contributed by atoms with Gasteiger partial charge in [-0.3, -0.25) is 35.1 Å². The zero-order valence-corrected chi connectivity index (χ0v) is 22.6. The van der Waals surface area contributed by atoms with Gasteiger partial charge >= 0.3 is 11.7 Å². The molecule has 0 aromatic heterocycles. The first kappa shape index (κ1) is 28.2. The number of nitrogens with one attached hydrogen (secondary N) is 1. The first-order valence-electron chi connectivity index (χ1n) is 11.2. The molecule has 15 heteroatoms. The Morgan fingerprint density at radius 1 is 1.02 bits per heavy atom. The second kappa shape index (κ2) is 11.5. The van der Waals surface area contributed by atoms with Crippen LogP contribution in [-0.2, 0) is 9.59 Å². The fourth-order valence-electron chi connectivity index (χ4n) is 3.67. The van der Waals surface area contributed by atoms with Crippen LogP contribution in [0.4, 0.5) is 21.9 Å². The Kier molecular flexibility index (Phi) is 8.11. The van der Waals surface area contributed by atoms with Crippen molar-refractivity contribution in [3.63, 3.8) is 0 Å². The molecule has 1 heterocycles. The van der Waals surface area contributed by atoms with Gasteiger partial charge in [0.2, 0.25) is 5.75 Å². The van der Waals surface area contributed by atoms with Crippen LogP contribution >= 0.6 is 27.5 Å². The highest BCUT2D eigenvalue weighted by Gasteiger charge is 2.37. The molecule has 0 aliphatic carbocycles. The molecule has 13 nitrogen and oxygen atoms in total. The number of ether oxygens (including phenoxy) is 2. The van der Waals surface area contributed by atoms with Crippen LogP contribution in [0.1, 0.15) is 12.5 Å². The minimum absolute atomic E-state index is 0.00360. The lowest BCUT2D eigenvalue weighted by atomic mass is 10.1. The summed E-state index contributed by atoms with van der Waals surface area (Å²) in [5, 5.41) is 25.0. The highest BCUT2D eigenvalue weighted by Crippen LogP contribution is 2.43. The van der Waals surface area contributed by atoms with Gasteiger partial charge in [0.1, 0.15) is 5.57 Å². The van der Waals surface area contributed by atoms with Crippen molar-refractivity contribution in [2.75, 3.05) is 11.5 Å². The highest BCUT2D eigenvalue weighted by atomic mass is 79.9. The Bertz CT molecular complexity index is 1630. The third kappa shape index (κ3) is 5.77. The van der Waals surface area contributed by atoms with E-state index in [9.17, 15) is 34.6 Å². The second-order valence-electron chi connectivity index (χ2n) is 7.97. The SMILES string of the molecule is CCOc1cc(/C=C2\C(=O)NC(=O)N(c3cccc(Cl)c3)C2=O)cc(Br)c1Oc1ccc([N+](=O)[O-])cc1[N+](=O)[O-]. The molecule has 1 fully saturated rings. The third-order valence-corrected chi connectivity index (χ3v) is 6.20. The molecule has 204 valence electrons. The van der Waals surface area contributed by atoms with Gasteiger partial charge in [0.15, 0.2) is 11.5 Å². The predicted molar refractivity (Wildman–Crippen MR) is 146 cm³/mol. The van der Waals surface area contributed by atoms with Gasteiger partial charge in [-0.25, -0.2) is 9.69 Å². The van der Waals surface area contributed by atoms with Gasteiger partial charge in [0, 0.05) is 11.1 Å². The molecule has 3 aromatic carbocycles. The van der Waals surface area contributed by atoms with Crippen molar-refractivity contribution >= 4 is 68.5 Å². The van der Waals surface area contributed by atoms with Gasteiger partial charge in [0.25, 0.3) is 17.5 Å². The van der Waals surface area contributed by atoms with Crippen LogP contribution in [0.2, 0.25) is 5.02 Å². The van der Waals surface area contributed by atoms with Crippen molar-refractivity contribution in [3.05, 3.63) is 95.5 Å². The van der Waals surface area contributed by atoms with E-state index < -0.39 is 39.1 Å². The van der Waals surface area contributed by atoms with Gasteiger partial charge in [-0.1, -0.05) is 17.7 Å². The number of hydrogen-bond acceptors (Lipinski definition) is 9. The second-order valence-corrected chi connectivity index (χ2v) is 9.26. The lowest BCUT2D eigenvalue weighted by molar-refractivity contribution is -0.394. The summed E-state index contributed by atoms with van der Waals surface area (Å²) in [4.78, 5) is 60.0. The molecule has 0 bridgehead atoms. The maximum absolute atomic E-state index is 13.2. The van der Waals surface area contributed by atoms with Gasteiger partial charge in [0.05, 0.1) is 32.7 Å². The van der Waals surface area contributed by atoms with Crippen LogP contribution in [0, 0.1) is 20.2 Å². The summed E-state index contributed by atoms with van der Waals surface area (Å²) in [5.41, 5.74) is -1.08. The molecular weight excluding hydrogens is 616 g/mol. The number of benzene rings is 3. The Labute approximate surface area is 238 Å². The molecule has 1 saturated heterocycles. The van der Waals surface area contributed by atoms with E-state index in [1.54, 1.807) is 13.0 Å². The van der Waals surface area contributed by atoms with E-state index in [0.29, 0.717) is 0 Å². The monoisotopic (exact) mass is 630 g/mol. The highest BCUT2D eigenvalue weighted by molar-refractivity contribution is 9.10. The number of non-ortho nitro benzene ring substituents is 1. The number of halogens is 2. The minimum atomic E-state index is -0.945. The molecule has 4 amide bonds. The summed E-state index contributed by atoms with van der Waals surface area (Å²) in [6.45, 7) is 1.81. The topological polar surface area (TPSA) is 171 Å². The zero-order valence-electron chi connectivity index (χ0n) is 20.3. The molecule has 0 atom stereocenters. The van der Waals surface area contributed by atoms with Crippen LogP contribution in [0.25, 0.3) is 6.08 Å². The van der Waals surface area contributed by atoms with Crippen molar-refractivity contribution in [2.24, 2.45) is 0 Å². The molecule has 1 aliphatic heterocycles. The average molecular weight is 632 g/mol. The predicted octanol–water partition coefficient (Wildman–Crippen LogP) is 5.78. The van der Waals surface area contributed by atoms with Crippen LogP contribution < -0.4 is 19.7 Å². The van der Waals surface area contributed by atoms with E-state index in [1.165, 1.54) is 36.4 Å². The molecule has 40 heavy (non-hydrogen) atoms. The average Bonchev–Trinajstić information content (AvgIpc) is 2.88. The number of anilines is 1. The van der Waals surface area contributed by atoms with Crippen molar-refractivity contribution < 1.29 is 33.7 Å². The van der Waals surface area contributed by atoms with Crippen LogP contribution in [0.3, 0.4) is 0 Å². The van der Waals surface area contributed by atoms with E-state index in [1.807, 2.05) is 0 Å². The Morgan fingerprint density at radius 3 is 2.42 bits per heavy atom. The van der Waals surface area contributed by atoms with E-state index in [-0.39, 0.29) is 50.2 Å². The van der Waals surface area contributed by atoms with E-state index in [0.717, 1.165) is 23.1 Å². The molecule has 0 spiro atoms. The Morgan fingerprint density at radius 2 is 1.77 bits per heavy atom. The maximum Gasteiger partial charge on any atom is 0.335 e. The number of nitrogens with zero attached hydrogens (tertiary/aromatic N) is 3. The fourth-order valence-corrected chi connectivity index (χ4v) is 4.39. The number of rotatable bonds is 8. The largest absolute Gasteiger partial charge is 0.490 e. The zero-order chi connectivity index (χ0) is 29.1. The molecule has 1 aliphatic rings. The Hall–Kier alpha value is -4.82. The fraction of sp³-hybridized carbons (Fsp3) is 0.0800. The lowest BCUT2D eigenvalue weighted by Crippen LogP contribution is -2.54. The summed E-state index contributed by atoms with van der Waals surface area (Å²) >= 11 is 9.30. The first-order chi connectivity index (χ1) is 19.0. The van der Waals surface area contributed by atoms with Crippen molar-refractivity contribution in [2.45, 2.75) is 6.92 Å². The molecule has 0 radical (unpaired) electrons. The van der Waals surface area contributed by atoms with Crippen molar-refractivity contribution in [1.82, 2.24) is 5.32 Å². The number of imide groups is 2. The van der Waals surface area contributed by atoms with E-state index >= 15 is 0 Å². The number of urea groups is 1. The van der Waals surface area contributed by atoms with E-state index in [2.05, 4.69) is 21.2 Å². The third-order valence-electron chi connectivity index (χ3n) is 5.37. The summed E-state index contributed by atoms with van der Waals surface area (Å²) in [7, 11) is 0. The number of carbonyl (C=O) groups is 3. The minimum Gasteiger partial charge on any atom is -0.490 e. The van der Waals surface area contributed by atoms with Gasteiger partial charge < -0.3 is 9.47 Å². The molecule has 0 saturated carbocycles. The number of carbonyl (C=O) groups excluding carboxylic acids is 3. The molecular formula is C25H16BrClN4O9. The maximum atomic E-state index is 13.2. The van der Waals surface area contributed by atoms with Gasteiger partial charge in [-0.15, -0.1) is 0 Å². The summed E-state index contributed by atoms with van der Waals surface area (Å²) in [5.74, 6) is -2.05. The smallest absolute Gasteiger partial charge is 0.335 e. The number of barbiturate groups is 1. The molecule has 1 N–H and O–H groups in total. The van der Waals surface area contributed by atoms with E-state index in [4.69, 9.17) is 21.1 Å². The van der Waals surface area contributed by atoms with Crippen LogP contribution in [-0.4, -0.2) is 34.3 Å². The quantitative estimate of drug-likeness (QED) is 0.140. The van der Waals surface area contributed by atoms with Crippen molar-refractivity contribution in [3.8, 4) is 17.2 Å². The van der Waals surface area contributed by atoms with Gasteiger partial charge in [-0.05, 0) is 70.9 Å². The summed E-state index contributed by atoms with van der Waals surface area (Å²) in [6, 6.07) is 10.8. The molecule has 4 rings (SSSR count). The number of amides is 4. The number of nitro groups is 2. The summed E-state index contributed by atoms with van der Waals surface area (Å²) < 4.78 is 11.6. The number of nitro benzene ring substituents is 2. The Balaban J connectivity index is 1.74. The van der Waals surface area contributed by atoms with Crippen molar-refractivity contribution in [1.29, 1.82) is 0 Å². The first-order valence-corrected chi connectivity index (χ1v) is 12.4. The summed E-state index contributed by atoms with van der Waals surface area (Å²) in [6.07, 6.45) is 1.23. The van der Waals surface area contributed by atoms with Crippen LogP contribution in [0.15, 0.2) is 64.6 Å². The number of hydrogen-bond donors (Lipinski definition) is 1. The molecule has 0 unspecified atom stereocenters. The van der Waals surface area contributed by atoms with Gasteiger partial charge in [-0.2, -0.15) is 0 Å². The lowest BCUT2D eigenvalue weighted by Gasteiger charge is -2.26.